The fraction of sp³-hybridized carbons (Fsp3) is 0.600. The lowest BCUT2D eigenvalue weighted by molar-refractivity contribution is 0.222. The summed E-state index contributed by atoms with van der Waals surface area (Å²) in [5.74, 6) is 0.777. The van der Waals surface area contributed by atoms with E-state index >= 15 is 0 Å². The molecule has 29 heavy (non-hydrogen) atoms. The van der Waals surface area contributed by atoms with E-state index < -0.39 is 9.84 Å². The number of guanidine groups is 1. The minimum absolute atomic E-state index is 0.0198. The summed E-state index contributed by atoms with van der Waals surface area (Å²) in [6.07, 6.45) is 3.88. The SMILES string of the molecule is CCNC(=NCc1cccc(NC(=O)N2CCCC2)c1)NC(C)CCS(C)(=O)=O. The summed E-state index contributed by atoms with van der Waals surface area (Å²) in [5.41, 5.74) is 1.74. The molecule has 1 aromatic rings. The largest absolute Gasteiger partial charge is 0.357 e. The summed E-state index contributed by atoms with van der Waals surface area (Å²) in [6, 6.07) is 7.59. The van der Waals surface area contributed by atoms with Gasteiger partial charge in [0.2, 0.25) is 0 Å². The predicted molar refractivity (Wildman–Crippen MR) is 118 cm³/mol. The van der Waals surface area contributed by atoms with Crippen molar-refractivity contribution in [2.24, 2.45) is 4.99 Å². The minimum atomic E-state index is -2.98. The Kier molecular flexibility index (Phi) is 8.75. The van der Waals surface area contributed by atoms with Gasteiger partial charge < -0.3 is 20.9 Å². The second-order valence-electron chi connectivity index (χ2n) is 7.48. The summed E-state index contributed by atoms with van der Waals surface area (Å²) in [6.45, 7) is 6.69. The van der Waals surface area contributed by atoms with Crippen molar-refractivity contribution >= 4 is 27.5 Å². The van der Waals surface area contributed by atoms with Crippen molar-refractivity contribution in [3.63, 3.8) is 0 Å². The molecule has 1 unspecified atom stereocenters. The van der Waals surface area contributed by atoms with Gasteiger partial charge in [0.15, 0.2) is 5.96 Å². The van der Waals surface area contributed by atoms with E-state index in [2.05, 4.69) is 20.9 Å². The Morgan fingerprint density at radius 1 is 1.28 bits per heavy atom. The van der Waals surface area contributed by atoms with Crippen molar-refractivity contribution in [1.82, 2.24) is 15.5 Å². The van der Waals surface area contributed by atoms with Crippen LogP contribution in [0.4, 0.5) is 10.5 Å². The van der Waals surface area contributed by atoms with Gasteiger partial charge in [0.25, 0.3) is 0 Å². The summed E-state index contributed by atoms with van der Waals surface area (Å²) in [4.78, 5) is 18.7. The van der Waals surface area contributed by atoms with Crippen molar-refractivity contribution in [2.45, 2.75) is 45.7 Å². The van der Waals surface area contributed by atoms with Gasteiger partial charge in [0.1, 0.15) is 9.84 Å². The number of amides is 2. The van der Waals surface area contributed by atoms with E-state index in [0.717, 1.165) is 37.2 Å². The van der Waals surface area contributed by atoms with Crippen LogP contribution < -0.4 is 16.0 Å². The maximum Gasteiger partial charge on any atom is 0.321 e. The molecule has 0 aliphatic carbocycles. The number of hydrogen-bond acceptors (Lipinski definition) is 4. The number of benzene rings is 1. The number of hydrogen-bond donors (Lipinski definition) is 3. The summed E-state index contributed by atoms with van der Waals surface area (Å²) in [7, 11) is -2.98. The lowest BCUT2D eigenvalue weighted by Crippen LogP contribution is -2.42. The van der Waals surface area contributed by atoms with Crippen molar-refractivity contribution in [3.8, 4) is 0 Å². The van der Waals surface area contributed by atoms with Crippen molar-refractivity contribution in [1.29, 1.82) is 0 Å². The third-order valence-corrected chi connectivity index (χ3v) is 5.62. The molecule has 3 N–H and O–H groups in total. The van der Waals surface area contributed by atoms with E-state index in [0.29, 0.717) is 25.5 Å². The average Bonchev–Trinajstić information content (AvgIpc) is 3.19. The number of aliphatic imine (C=N–C) groups is 1. The lowest BCUT2D eigenvalue weighted by atomic mass is 10.2. The van der Waals surface area contributed by atoms with Gasteiger partial charge in [-0.25, -0.2) is 18.2 Å². The van der Waals surface area contributed by atoms with E-state index in [9.17, 15) is 13.2 Å². The molecule has 8 nitrogen and oxygen atoms in total. The van der Waals surface area contributed by atoms with E-state index in [1.54, 1.807) is 0 Å². The fourth-order valence-electron chi connectivity index (χ4n) is 3.06. The number of nitrogens with one attached hydrogen (secondary N) is 3. The molecule has 1 saturated heterocycles. The Balaban J connectivity index is 1.94. The number of likely N-dealkylation sites (tertiary alicyclic amines) is 1. The Labute approximate surface area is 174 Å². The van der Waals surface area contributed by atoms with E-state index in [1.165, 1.54) is 6.26 Å². The van der Waals surface area contributed by atoms with Gasteiger partial charge in [-0.3, -0.25) is 0 Å². The van der Waals surface area contributed by atoms with Gasteiger partial charge in [0, 0.05) is 37.6 Å². The first-order valence-electron chi connectivity index (χ1n) is 10.1. The Morgan fingerprint density at radius 2 is 2.00 bits per heavy atom. The van der Waals surface area contributed by atoms with Crippen LogP contribution in [0.1, 0.15) is 38.7 Å². The van der Waals surface area contributed by atoms with Gasteiger partial charge in [-0.05, 0) is 50.8 Å². The summed E-state index contributed by atoms with van der Waals surface area (Å²) < 4.78 is 22.7. The monoisotopic (exact) mass is 423 g/mol. The number of nitrogens with zero attached hydrogens (tertiary/aromatic N) is 2. The molecule has 0 aromatic heterocycles. The maximum atomic E-state index is 12.3. The molecule has 162 valence electrons. The van der Waals surface area contributed by atoms with Crippen molar-refractivity contribution in [2.75, 3.05) is 37.0 Å². The van der Waals surface area contributed by atoms with Crippen LogP contribution in [0, 0.1) is 0 Å². The molecule has 1 aromatic carbocycles. The number of carbonyl (C=O) groups excluding carboxylic acids is 1. The zero-order valence-electron chi connectivity index (χ0n) is 17.6. The highest BCUT2D eigenvalue weighted by molar-refractivity contribution is 7.90. The molecule has 0 spiro atoms. The molecule has 1 fully saturated rings. The first-order valence-corrected chi connectivity index (χ1v) is 12.2. The highest BCUT2D eigenvalue weighted by Gasteiger charge is 2.17. The Hall–Kier alpha value is -2.29. The van der Waals surface area contributed by atoms with Crippen LogP contribution >= 0.6 is 0 Å². The quantitative estimate of drug-likeness (QED) is 0.439. The van der Waals surface area contributed by atoms with Crippen LogP contribution in [0.25, 0.3) is 0 Å². The number of carbonyl (C=O) groups is 1. The standard InChI is InChI=1S/C20H33N5O3S/c1-4-21-19(23-16(2)10-13-29(3,27)28)22-15-17-8-7-9-18(14-17)24-20(26)25-11-5-6-12-25/h7-9,14,16H,4-6,10-13,15H2,1-3H3,(H,24,26)(H2,21,22,23). The topological polar surface area (TPSA) is 103 Å². The molecule has 1 heterocycles. The predicted octanol–water partition coefficient (Wildman–Crippen LogP) is 2.19. The summed E-state index contributed by atoms with van der Waals surface area (Å²) >= 11 is 0. The first-order chi connectivity index (χ1) is 13.8. The number of urea groups is 1. The zero-order valence-corrected chi connectivity index (χ0v) is 18.4. The number of rotatable bonds is 8. The maximum absolute atomic E-state index is 12.3. The normalized spacial score (nSPS) is 15.8. The summed E-state index contributed by atoms with van der Waals surface area (Å²) in [5, 5.41) is 9.37. The molecular formula is C20H33N5O3S. The smallest absolute Gasteiger partial charge is 0.321 e. The van der Waals surface area contributed by atoms with Crippen LogP contribution in [0.2, 0.25) is 0 Å². The third kappa shape index (κ3) is 8.72. The van der Waals surface area contributed by atoms with Crippen LogP contribution in [-0.4, -0.2) is 63.0 Å². The highest BCUT2D eigenvalue weighted by Crippen LogP contribution is 2.14. The van der Waals surface area contributed by atoms with Crippen LogP contribution in [0.5, 0.6) is 0 Å². The van der Waals surface area contributed by atoms with Crippen molar-refractivity contribution in [3.05, 3.63) is 29.8 Å². The van der Waals surface area contributed by atoms with Gasteiger partial charge in [-0.1, -0.05) is 12.1 Å². The average molecular weight is 424 g/mol. The van der Waals surface area contributed by atoms with Gasteiger partial charge in [-0.15, -0.1) is 0 Å². The molecule has 1 aliphatic rings. The fourth-order valence-corrected chi connectivity index (χ4v) is 3.84. The first kappa shape index (κ1) is 23.0. The second kappa shape index (κ2) is 11.0. The van der Waals surface area contributed by atoms with Crippen LogP contribution in [-0.2, 0) is 16.4 Å². The van der Waals surface area contributed by atoms with Gasteiger partial charge in [-0.2, -0.15) is 0 Å². The zero-order chi connectivity index (χ0) is 21.3. The molecular weight excluding hydrogens is 390 g/mol. The molecule has 9 heteroatoms. The van der Waals surface area contributed by atoms with E-state index in [1.807, 2.05) is 43.0 Å². The third-order valence-electron chi connectivity index (χ3n) is 4.64. The Morgan fingerprint density at radius 3 is 2.66 bits per heavy atom. The van der Waals surface area contributed by atoms with Crippen LogP contribution in [0.15, 0.2) is 29.3 Å². The van der Waals surface area contributed by atoms with Crippen LogP contribution in [0.3, 0.4) is 0 Å². The Bertz CT molecular complexity index is 804. The highest BCUT2D eigenvalue weighted by atomic mass is 32.2. The molecule has 1 atom stereocenters. The molecule has 0 bridgehead atoms. The van der Waals surface area contributed by atoms with E-state index in [4.69, 9.17) is 0 Å². The molecule has 0 radical (unpaired) electrons. The van der Waals surface area contributed by atoms with E-state index in [-0.39, 0.29) is 17.8 Å². The molecule has 1 aliphatic heterocycles. The lowest BCUT2D eigenvalue weighted by Gasteiger charge is -2.18. The van der Waals surface area contributed by atoms with Gasteiger partial charge >= 0.3 is 6.03 Å². The van der Waals surface area contributed by atoms with Gasteiger partial charge in [0.05, 0.1) is 12.3 Å². The molecule has 2 rings (SSSR count). The second-order valence-corrected chi connectivity index (χ2v) is 9.74. The molecule has 2 amide bonds. The number of sulfone groups is 1. The molecule has 0 saturated carbocycles. The number of anilines is 1. The minimum Gasteiger partial charge on any atom is -0.357 e. The van der Waals surface area contributed by atoms with Crippen molar-refractivity contribution < 1.29 is 13.2 Å².